The number of hydrogen-bond donors (Lipinski definition) is 0. The van der Waals surface area contributed by atoms with Crippen LogP contribution in [0, 0.1) is 0 Å². The van der Waals surface area contributed by atoms with Gasteiger partial charge in [0.25, 0.3) is 0 Å². The second kappa shape index (κ2) is 7.47. The van der Waals surface area contributed by atoms with Crippen LogP contribution in [0.4, 0.5) is 5.69 Å². The zero-order chi connectivity index (χ0) is 17.9. The molecule has 0 bridgehead atoms. The van der Waals surface area contributed by atoms with Crippen molar-refractivity contribution in [2.45, 2.75) is 58.7 Å². The Morgan fingerprint density at radius 1 is 1.21 bits per heavy atom. The molecule has 0 unspecified atom stereocenters. The maximum Gasteiger partial charge on any atom is 0.306 e. The number of benzene rings is 1. The van der Waals surface area contributed by atoms with E-state index in [2.05, 4.69) is 0 Å². The van der Waals surface area contributed by atoms with Crippen LogP contribution >= 0.6 is 0 Å². The zero-order valence-electron chi connectivity index (χ0n) is 14.6. The first kappa shape index (κ1) is 18.0. The van der Waals surface area contributed by atoms with Crippen LogP contribution in [0.15, 0.2) is 30.3 Å². The van der Waals surface area contributed by atoms with Gasteiger partial charge in [-0.2, -0.15) is 0 Å². The van der Waals surface area contributed by atoms with Gasteiger partial charge in [-0.3, -0.25) is 19.4 Å². The molecule has 0 aliphatic carbocycles. The van der Waals surface area contributed by atoms with E-state index in [1.165, 1.54) is 13.8 Å². The number of ketones is 1. The summed E-state index contributed by atoms with van der Waals surface area (Å²) in [6.45, 7) is 6.51. The van der Waals surface area contributed by atoms with Crippen molar-refractivity contribution >= 4 is 23.3 Å². The van der Waals surface area contributed by atoms with Gasteiger partial charge < -0.3 is 4.74 Å². The van der Waals surface area contributed by atoms with Crippen LogP contribution in [0.2, 0.25) is 0 Å². The molecular weight excluding hydrogens is 308 g/mol. The minimum absolute atomic E-state index is 0.00322. The van der Waals surface area contributed by atoms with Gasteiger partial charge in [0.15, 0.2) is 11.9 Å². The van der Waals surface area contributed by atoms with Gasteiger partial charge in [-0.1, -0.05) is 25.1 Å². The molecule has 1 aromatic rings. The van der Waals surface area contributed by atoms with Gasteiger partial charge in [0.1, 0.15) is 0 Å². The fourth-order valence-corrected chi connectivity index (χ4v) is 3.18. The molecule has 24 heavy (non-hydrogen) atoms. The highest BCUT2D eigenvalue weighted by Crippen LogP contribution is 2.33. The molecule has 2 rings (SSSR count). The number of rotatable bonds is 5. The zero-order valence-corrected chi connectivity index (χ0v) is 14.6. The van der Waals surface area contributed by atoms with E-state index in [9.17, 15) is 14.4 Å². The number of Topliss-reactive ketones (excluding diaryl/α,β-unsaturated/α-hetero) is 1. The van der Waals surface area contributed by atoms with Gasteiger partial charge >= 0.3 is 5.97 Å². The summed E-state index contributed by atoms with van der Waals surface area (Å²) in [5.74, 6) is -0.883. The average molecular weight is 332 g/mol. The molecule has 3 atom stereocenters. The number of para-hydroxylation sites is 1. The summed E-state index contributed by atoms with van der Waals surface area (Å²) < 4.78 is 5.35. The van der Waals surface area contributed by atoms with E-state index in [1.807, 2.05) is 42.3 Å². The van der Waals surface area contributed by atoms with Crippen LogP contribution in [0.5, 0.6) is 0 Å². The molecular formula is C18H24N2O4. The van der Waals surface area contributed by atoms with Gasteiger partial charge in [-0.05, 0) is 32.4 Å². The monoisotopic (exact) mass is 332 g/mol. The van der Waals surface area contributed by atoms with Gasteiger partial charge in [0.05, 0.1) is 17.8 Å². The van der Waals surface area contributed by atoms with E-state index in [4.69, 9.17) is 4.74 Å². The number of carbonyl (C=O) groups excluding carboxylic acids is 3. The maximum absolute atomic E-state index is 12.3. The molecule has 1 saturated heterocycles. The number of esters is 1. The number of nitrogens with zero attached hydrogens (tertiary/aromatic N) is 2. The van der Waals surface area contributed by atoms with Crippen molar-refractivity contribution in [3.05, 3.63) is 30.3 Å². The van der Waals surface area contributed by atoms with E-state index in [1.54, 1.807) is 11.9 Å². The Hall–Kier alpha value is -2.37. The van der Waals surface area contributed by atoms with Crippen molar-refractivity contribution in [1.29, 1.82) is 0 Å². The topological polar surface area (TPSA) is 66.9 Å². The summed E-state index contributed by atoms with van der Waals surface area (Å²) in [6.07, 6.45) is -0.206. The standard InChI is InChI=1S/C18H24N2O4/c1-5-17(23)24-18(13(3)21)16-11-12(2)19(20(16)14(4)22)15-9-7-6-8-10-15/h6-10,12,16,18H,5,11H2,1-4H3/t12-,16+,18+/m0/s1. The largest absolute Gasteiger partial charge is 0.452 e. The van der Waals surface area contributed by atoms with Gasteiger partial charge in [-0.25, -0.2) is 5.01 Å². The Kier molecular flexibility index (Phi) is 5.59. The summed E-state index contributed by atoms with van der Waals surface area (Å²) in [4.78, 5) is 36.1. The smallest absolute Gasteiger partial charge is 0.306 e. The molecule has 1 heterocycles. The first-order valence-electron chi connectivity index (χ1n) is 8.20. The number of carbonyl (C=O) groups is 3. The lowest BCUT2D eigenvalue weighted by molar-refractivity contribution is -0.159. The minimum atomic E-state index is -0.947. The number of hydrazine groups is 1. The molecule has 1 aliphatic heterocycles. The fraction of sp³-hybridized carbons (Fsp3) is 0.500. The normalized spacial score (nSPS) is 21.5. The van der Waals surface area contributed by atoms with Crippen LogP contribution in [-0.4, -0.2) is 40.9 Å². The summed E-state index contributed by atoms with van der Waals surface area (Å²) in [6, 6.07) is 9.03. The Labute approximate surface area is 142 Å². The van der Waals surface area contributed by atoms with Crippen molar-refractivity contribution in [3.63, 3.8) is 0 Å². The van der Waals surface area contributed by atoms with Crippen LogP contribution in [0.3, 0.4) is 0 Å². The third kappa shape index (κ3) is 3.58. The SMILES string of the molecule is CCC(=O)O[C@H](C(C)=O)[C@H]1C[C@H](C)N(c2ccccc2)N1C(C)=O. The van der Waals surface area contributed by atoms with Gasteiger partial charge in [0, 0.05) is 13.3 Å². The third-order valence-electron chi connectivity index (χ3n) is 4.19. The number of amides is 1. The lowest BCUT2D eigenvalue weighted by Crippen LogP contribution is -2.52. The molecule has 0 N–H and O–H groups in total. The second-order valence-electron chi connectivity index (χ2n) is 6.07. The van der Waals surface area contributed by atoms with Crippen molar-refractivity contribution in [1.82, 2.24) is 5.01 Å². The number of hydrogen-bond acceptors (Lipinski definition) is 5. The Bertz CT molecular complexity index is 617. The molecule has 130 valence electrons. The minimum Gasteiger partial charge on any atom is -0.452 e. The van der Waals surface area contributed by atoms with Gasteiger partial charge in [0.2, 0.25) is 5.91 Å². The Balaban J connectivity index is 2.37. The molecule has 1 amide bonds. The highest BCUT2D eigenvalue weighted by molar-refractivity contribution is 5.86. The maximum atomic E-state index is 12.3. The van der Waals surface area contributed by atoms with Crippen LogP contribution in [0.25, 0.3) is 0 Å². The van der Waals surface area contributed by atoms with E-state index >= 15 is 0 Å². The lowest BCUT2D eigenvalue weighted by Gasteiger charge is -2.36. The van der Waals surface area contributed by atoms with E-state index in [0.29, 0.717) is 6.42 Å². The first-order chi connectivity index (χ1) is 11.4. The van der Waals surface area contributed by atoms with E-state index in [-0.39, 0.29) is 24.2 Å². The van der Waals surface area contributed by atoms with E-state index < -0.39 is 18.1 Å². The third-order valence-corrected chi connectivity index (χ3v) is 4.19. The Morgan fingerprint density at radius 3 is 2.33 bits per heavy atom. The highest BCUT2D eigenvalue weighted by atomic mass is 16.5. The second-order valence-corrected chi connectivity index (χ2v) is 6.07. The number of anilines is 1. The lowest BCUT2D eigenvalue weighted by atomic mass is 10.0. The molecule has 6 heteroatoms. The summed E-state index contributed by atoms with van der Waals surface area (Å²) in [7, 11) is 0. The fourth-order valence-electron chi connectivity index (χ4n) is 3.18. The molecule has 0 aromatic heterocycles. The summed E-state index contributed by atoms with van der Waals surface area (Å²) in [5, 5.41) is 3.43. The molecule has 0 saturated carbocycles. The summed E-state index contributed by atoms with van der Waals surface area (Å²) >= 11 is 0. The average Bonchev–Trinajstić information content (AvgIpc) is 2.90. The van der Waals surface area contributed by atoms with E-state index in [0.717, 1.165) is 5.69 Å². The Morgan fingerprint density at radius 2 is 1.83 bits per heavy atom. The van der Waals surface area contributed by atoms with Crippen molar-refractivity contribution in [2.75, 3.05) is 5.01 Å². The highest BCUT2D eigenvalue weighted by Gasteiger charge is 2.46. The first-order valence-corrected chi connectivity index (χ1v) is 8.20. The van der Waals surface area contributed by atoms with Crippen LogP contribution < -0.4 is 5.01 Å². The molecule has 0 radical (unpaired) electrons. The predicted molar refractivity (Wildman–Crippen MR) is 90.2 cm³/mol. The molecule has 0 spiro atoms. The quantitative estimate of drug-likeness (QED) is 0.774. The van der Waals surface area contributed by atoms with Crippen molar-refractivity contribution < 1.29 is 19.1 Å². The van der Waals surface area contributed by atoms with Gasteiger partial charge in [-0.15, -0.1) is 0 Å². The number of ether oxygens (including phenoxy) is 1. The van der Waals surface area contributed by atoms with Crippen molar-refractivity contribution in [2.24, 2.45) is 0 Å². The molecule has 6 nitrogen and oxygen atoms in total. The van der Waals surface area contributed by atoms with Crippen molar-refractivity contribution in [3.8, 4) is 0 Å². The molecule has 1 aromatic carbocycles. The van der Waals surface area contributed by atoms with Crippen LogP contribution in [-0.2, 0) is 19.1 Å². The molecule has 1 fully saturated rings. The molecule has 1 aliphatic rings. The van der Waals surface area contributed by atoms with Crippen LogP contribution in [0.1, 0.15) is 40.5 Å². The summed E-state index contributed by atoms with van der Waals surface area (Å²) in [5.41, 5.74) is 0.867. The predicted octanol–water partition coefficient (Wildman–Crippen LogP) is 2.33.